The molecule has 3 heteroatoms. The van der Waals surface area contributed by atoms with Crippen LogP contribution in [0.15, 0.2) is 24.5 Å². The third-order valence-electron chi connectivity index (χ3n) is 2.41. The van der Waals surface area contributed by atoms with Crippen molar-refractivity contribution in [1.29, 1.82) is 0 Å². The van der Waals surface area contributed by atoms with E-state index < -0.39 is 0 Å². The lowest BCUT2D eigenvalue weighted by Crippen LogP contribution is -2.03. The average Bonchev–Trinajstić information content (AvgIpc) is 2.98. The Balaban J connectivity index is 2.04. The summed E-state index contributed by atoms with van der Waals surface area (Å²) in [5.74, 6) is 0.296. The summed E-state index contributed by atoms with van der Waals surface area (Å²) in [7, 11) is 1.43. The van der Waals surface area contributed by atoms with E-state index in [1.807, 2.05) is 18.3 Å². The smallest absolute Gasteiger partial charge is 0.309 e. The number of pyridine rings is 1. The first-order valence-corrected chi connectivity index (χ1v) is 4.30. The second kappa shape index (κ2) is 3.17. The van der Waals surface area contributed by atoms with Crippen LogP contribution in [0.3, 0.4) is 0 Å². The maximum absolute atomic E-state index is 11.1. The number of ether oxygens (including phenoxy) is 1. The standard InChI is InChI=1S/C10H11NO2/c1-13-10(12)9-5-8(9)7-3-2-4-11-6-7/h2-4,6,8-9H,5H2,1H3/t8-,9+/m0/s1. The van der Waals surface area contributed by atoms with Crippen molar-refractivity contribution in [3.63, 3.8) is 0 Å². The third-order valence-corrected chi connectivity index (χ3v) is 2.41. The molecule has 0 N–H and O–H groups in total. The average molecular weight is 177 g/mol. The monoisotopic (exact) mass is 177 g/mol. The van der Waals surface area contributed by atoms with Gasteiger partial charge >= 0.3 is 5.97 Å². The molecule has 0 unspecified atom stereocenters. The zero-order valence-corrected chi connectivity index (χ0v) is 7.43. The molecule has 0 radical (unpaired) electrons. The van der Waals surface area contributed by atoms with Gasteiger partial charge in [-0.15, -0.1) is 0 Å². The molecule has 1 saturated carbocycles. The van der Waals surface area contributed by atoms with E-state index in [9.17, 15) is 4.79 Å². The highest BCUT2D eigenvalue weighted by Crippen LogP contribution is 2.47. The number of hydrogen-bond donors (Lipinski definition) is 0. The van der Waals surface area contributed by atoms with Gasteiger partial charge in [0.05, 0.1) is 13.0 Å². The van der Waals surface area contributed by atoms with Gasteiger partial charge in [-0.05, 0) is 24.0 Å². The maximum Gasteiger partial charge on any atom is 0.309 e. The molecule has 0 saturated heterocycles. The van der Waals surface area contributed by atoms with Crippen molar-refractivity contribution in [1.82, 2.24) is 4.98 Å². The van der Waals surface area contributed by atoms with Crippen LogP contribution in [-0.4, -0.2) is 18.1 Å². The molecule has 1 aliphatic carbocycles. The molecule has 1 aromatic heterocycles. The second-order valence-corrected chi connectivity index (χ2v) is 3.26. The Bertz CT molecular complexity index is 310. The normalized spacial score (nSPS) is 25.3. The van der Waals surface area contributed by atoms with Gasteiger partial charge in [-0.3, -0.25) is 9.78 Å². The molecule has 2 rings (SSSR count). The molecular formula is C10H11NO2. The van der Waals surface area contributed by atoms with Crippen LogP contribution in [-0.2, 0) is 9.53 Å². The van der Waals surface area contributed by atoms with Crippen molar-refractivity contribution in [2.75, 3.05) is 7.11 Å². The van der Waals surface area contributed by atoms with Crippen LogP contribution in [0.1, 0.15) is 17.9 Å². The molecule has 0 amide bonds. The van der Waals surface area contributed by atoms with Gasteiger partial charge in [-0.1, -0.05) is 6.07 Å². The van der Waals surface area contributed by atoms with Crippen molar-refractivity contribution in [3.05, 3.63) is 30.1 Å². The van der Waals surface area contributed by atoms with Crippen molar-refractivity contribution >= 4 is 5.97 Å². The highest BCUT2D eigenvalue weighted by molar-refractivity contribution is 5.77. The number of hydrogen-bond acceptors (Lipinski definition) is 3. The van der Waals surface area contributed by atoms with Crippen molar-refractivity contribution in [2.45, 2.75) is 12.3 Å². The van der Waals surface area contributed by atoms with Crippen LogP contribution in [0.25, 0.3) is 0 Å². The molecule has 3 nitrogen and oxygen atoms in total. The molecule has 0 spiro atoms. The van der Waals surface area contributed by atoms with Crippen LogP contribution in [0.5, 0.6) is 0 Å². The van der Waals surface area contributed by atoms with Crippen molar-refractivity contribution < 1.29 is 9.53 Å². The van der Waals surface area contributed by atoms with Gasteiger partial charge in [0.15, 0.2) is 0 Å². The first-order chi connectivity index (χ1) is 6.33. The Hall–Kier alpha value is -1.38. The van der Waals surface area contributed by atoms with Crippen LogP contribution < -0.4 is 0 Å². The molecule has 1 heterocycles. The largest absolute Gasteiger partial charge is 0.469 e. The molecular weight excluding hydrogens is 166 g/mol. The summed E-state index contributed by atoms with van der Waals surface area (Å²) in [6, 6.07) is 3.89. The quantitative estimate of drug-likeness (QED) is 0.640. The summed E-state index contributed by atoms with van der Waals surface area (Å²) in [6.07, 6.45) is 4.45. The summed E-state index contributed by atoms with van der Waals surface area (Å²) >= 11 is 0. The number of nitrogens with zero attached hydrogens (tertiary/aromatic N) is 1. The van der Waals surface area contributed by atoms with Crippen LogP contribution >= 0.6 is 0 Å². The Morgan fingerprint density at radius 3 is 3.15 bits per heavy atom. The fraction of sp³-hybridized carbons (Fsp3) is 0.400. The minimum absolute atomic E-state index is 0.0641. The van der Waals surface area contributed by atoms with E-state index in [-0.39, 0.29) is 11.9 Å². The van der Waals surface area contributed by atoms with E-state index in [0.29, 0.717) is 5.92 Å². The fourth-order valence-corrected chi connectivity index (χ4v) is 1.57. The first kappa shape index (κ1) is 8.23. The number of carbonyl (C=O) groups excluding carboxylic acids is 1. The summed E-state index contributed by atoms with van der Waals surface area (Å²) < 4.78 is 4.67. The lowest BCUT2D eigenvalue weighted by Gasteiger charge is -1.97. The Morgan fingerprint density at radius 2 is 2.54 bits per heavy atom. The summed E-state index contributed by atoms with van der Waals surface area (Å²) in [4.78, 5) is 15.1. The van der Waals surface area contributed by atoms with Gasteiger partial charge in [0.25, 0.3) is 0 Å². The number of esters is 1. The van der Waals surface area contributed by atoms with Gasteiger partial charge in [-0.25, -0.2) is 0 Å². The fourth-order valence-electron chi connectivity index (χ4n) is 1.57. The second-order valence-electron chi connectivity index (χ2n) is 3.26. The lowest BCUT2D eigenvalue weighted by molar-refractivity contribution is -0.142. The molecule has 0 aromatic carbocycles. The topological polar surface area (TPSA) is 39.2 Å². The van der Waals surface area contributed by atoms with Crippen LogP contribution in [0.4, 0.5) is 0 Å². The van der Waals surface area contributed by atoms with E-state index >= 15 is 0 Å². The molecule has 1 aromatic rings. The van der Waals surface area contributed by atoms with Crippen molar-refractivity contribution in [2.24, 2.45) is 5.92 Å². The van der Waals surface area contributed by atoms with Crippen molar-refractivity contribution in [3.8, 4) is 0 Å². The molecule has 1 aliphatic rings. The Morgan fingerprint density at radius 1 is 1.69 bits per heavy atom. The highest BCUT2D eigenvalue weighted by atomic mass is 16.5. The minimum atomic E-state index is -0.103. The van der Waals surface area contributed by atoms with Gasteiger partial charge in [0.2, 0.25) is 0 Å². The number of carbonyl (C=O) groups is 1. The zero-order valence-electron chi connectivity index (χ0n) is 7.43. The number of rotatable bonds is 2. The first-order valence-electron chi connectivity index (χ1n) is 4.30. The summed E-state index contributed by atoms with van der Waals surface area (Å²) in [6.45, 7) is 0. The number of methoxy groups -OCH3 is 1. The van der Waals surface area contributed by atoms with Gasteiger partial charge < -0.3 is 4.74 Å². The van der Waals surface area contributed by atoms with E-state index in [4.69, 9.17) is 0 Å². The molecule has 68 valence electrons. The summed E-state index contributed by atoms with van der Waals surface area (Å²) in [5.41, 5.74) is 1.14. The molecule has 0 bridgehead atoms. The molecule has 1 fully saturated rings. The predicted molar refractivity (Wildman–Crippen MR) is 47.1 cm³/mol. The van der Waals surface area contributed by atoms with Crippen LogP contribution in [0, 0.1) is 5.92 Å². The third kappa shape index (κ3) is 1.54. The Kier molecular flexibility index (Phi) is 2.00. The van der Waals surface area contributed by atoms with Gasteiger partial charge in [0.1, 0.15) is 0 Å². The Labute approximate surface area is 76.7 Å². The molecule has 0 aliphatic heterocycles. The predicted octanol–water partition coefficient (Wildman–Crippen LogP) is 1.36. The van der Waals surface area contributed by atoms with E-state index in [0.717, 1.165) is 12.0 Å². The molecule has 13 heavy (non-hydrogen) atoms. The number of aromatic nitrogens is 1. The molecule has 2 atom stereocenters. The zero-order chi connectivity index (χ0) is 9.26. The van der Waals surface area contributed by atoms with E-state index in [1.54, 1.807) is 6.20 Å². The van der Waals surface area contributed by atoms with E-state index in [2.05, 4.69) is 9.72 Å². The van der Waals surface area contributed by atoms with Gasteiger partial charge in [-0.2, -0.15) is 0 Å². The SMILES string of the molecule is COC(=O)[C@@H]1C[C@H]1c1cccnc1. The minimum Gasteiger partial charge on any atom is -0.469 e. The van der Waals surface area contributed by atoms with Crippen LogP contribution in [0.2, 0.25) is 0 Å². The maximum atomic E-state index is 11.1. The summed E-state index contributed by atoms with van der Waals surface area (Å²) in [5, 5.41) is 0. The van der Waals surface area contributed by atoms with E-state index in [1.165, 1.54) is 7.11 Å². The lowest BCUT2D eigenvalue weighted by atomic mass is 10.1. The highest BCUT2D eigenvalue weighted by Gasteiger charge is 2.44. The van der Waals surface area contributed by atoms with Gasteiger partial charge in [0, 0.05) is 12.4 Å².